The summed E-state index contributed by atoms with van der Waals surface area (Å²) >= 11 is 0. The molecule has 0 heterocycles. The number of hydrogen-bond acceptors (Lipinski definition) is 1. The first kappa shape index (κ1) is 22.7. The fraction of sp³-hybridized carbons (Fsp3) is 0.333. The number of halogens is 3. The zero-order valence-corrected chi connectivity index (χ0v) is 9.56. The second kappa shape index (κ2) is 13.6. The van der Waals surface area contributed by atoms with Gasteiger partial charge in [0.25, 0.3) is 0 Å². The van der Waals surface area contributed by atoms with E-state index in [4.69, 9.17) is 5.11 Å². The van der Waals surface area contributed by atoms with Crippen molar-refractivity contribution in [1.82, 2.24) is 0 Å². The van der Waals surface area contributed by atoms with E-state index in [-0.39, 0.29) is 65.5 Å². The summed E-state index contributed by atoms with van der Waals surface area (Å²) in [6.45, 7) is 0.215. The SMILES string of the molecule is OCC1=CC=CC1.[Cl-].[Cl-].[Cl-].[Ti+3]. The molecule has 0 saturated carbocycles. The van der Waals surface area contributed by atoms with Crippen molar-refractivity contribution in [1.29, 1.82) is 0 Å². The largest absolute Gasteiger partial charge is 3.00 e. The minimum Gasteiger partial charge on any atom is -1.00 e. The van der Waals surface area contributed by atoms with Crippen LogP contribution in [0.3, 0.4) is 0 Å². The molecule has 1 radical (unpaired) electrons. The van der Waals surface area contributed by atoms with E-state index in [1.165, 1.54) is 0 Å². The van der Waals surface area contributed by atoms with E-state index in [2.05, 4.69) is 0 Å². The Morgan fingerprint density at radius 2 is 1.82 bits per heavy atom. The molecule has 1 N–H and O–H groups in total. The Hall–Kier alpha value is 1.02. The molecule has 0 spiro atoms. The maximum Gasteiger partial charge on any atom is 3.00 e. The Balaban J connectivity index is -0.0000000612. The normalized spacial score (nSPS) is 11.2. The Kier molecular flexibility index (Phi) is 28.1. The maximum atomic E-state index is 8.46. The summed E-state index contributed by atoms with van der Waals surface area (Å²) in [7, 11) is 0. The van der Waals surface area contributed by atoms with Gasteiger partial charge in [-0.25, -0.2) is 0 Å². The zero-order valence-electron chi connectivity index (χ0n) is 5.73. The van der Waals surface area contributed by atoms with Crippen LogP contribution in [-0.2, 0) is 21.7 Å². The third kappa shape index (κ3) is 8.93. The van der Waals surface area contributed by atoms with Gasteiger partial charge in [-0.15, -0.1) is 0 Å². The standard InChI is InChI=1S/C6H8O.3ClH.Ti/c7-5-6-3-1-2-4-6;;;;/h1-3,7H,4-5H2;3*1H;/q;;;;+3/p-3. The van der Waals surface area contributed by atoms with Crippen molar-refractivity contribution in [3.8, 4) is 0 Å². The van der Waals surface area contributed by atoms with Crippen LogP contribution in [0, 0.1) is 0 Å². The van der Waals surface area contributed by atoms with Crippen molar-refractivity contribution in [3.05, 3.63) is 23.8 Å². The van der Waals surface area contributed by atoms with Gasteiger partial charge in [0.2, 0.25) is 0 Å². The van der Waals surface area contributed by atoms with Crippen molar-refractivity contribution in [3.63, 3.8) is 0 Å². The van der Waals surface area contributed by atoms with Gasteiger partial charge < -0.3 is 42.3 Å². The smallest absolute Gasteiger partial charge is 1.00 e. The fourth-order valence-electron chi connectivity index (χ4n) is 0.609. The number of aliphatic hydroxyl groups excluding tert-OH is 1. The predicted molar refractivity (Wildman–Crippen MR) is 28.9 cm³/mol. The van der Waals surface area contributed by atoms with Gasteiger partial charge in [-0.1, -0.05) is 18.2 Å². The van der Waals surface area contributed by atoms with Gasteiger partial charge in [0, 0.05) is 0 Å². The summed E-state index contributed by atoms with van der Waals surface area (Å²) in [4.78, 5) is 0. The van der Waals surface area contributed by atoms with Crippen molar-refractivity contribution >= 4 is 0 Å². The summed E-state index contributed by atoms with van der Waals surface area (Å²) < 4.78 is 0. The molecule has 0 fully saturated rings. The summed E-state index contributed by atoms with van der Waals surface area (Å²) in [5.74, 6) is 0. The minimum absolute atomic E-state index is 0. The Morgan fingerprint density at radius 3 is 2.00 bits per heavy atom. The van der Waals surface area contributed by atoms with Crippen LogP contribution in [0.1, 0.15) is 6.42 Å². The van der Waals surface area contributed by atoms with Crippen molar-refractivity contribution in [2.24, 2.45) is 0 Å². The quantitative estimate of drug-likeness (QED) is 0.458. The number of allylic oxidation sites excluding steroid dienone is 3. The molecular formula is C6H8Cl3OTi. The molecule has 63 valence electrons. The van der Waals surface area contributed by atoms with Crippen molar-refractivity contribution in [2.75, 3.05) is 6.61 Å². The van der Waals surface area contributed by atoms with Gasteiger partial charge in [-0.2, -0.15) is 0 Å². The first-order chi connectivity index (χ1) is 3.43. The van der Waals surface area contributed by atoms with Crippen LogP contribution in [0.25, 0.3) is 0 Å². The average molecular weight is 250 g/mol. The van der Waals surface area contributed by atoms with Crippen molar-refractivity contribution < 1.29 is 64.0 Å². The van der Waals surface area contributed by atoms with E-state index >= 15 is 0 Å². The van der Waals surface area contributed by atoms with Crippen LogP contribution >= 0.6 is 0 Å². The van der Waals surface area contributed by atoms with Gasteiger partial charge in [0.05, 0.1) is 6.61 Å². The zero-order chi connectivity index (χ0) is 5.11. The maximum absolute atomic E-state index is 8.46. The van der Waals surface area contributed by atoms with Gasteiger partial charge in [0.1, 0.15) is 0 Å². The molecule has 11 heavy (non-hydrogen) atoms. The summed E-state index contributed by atoms with van der Waals surface area (Å²) in [6.07, 6.45) is 6.88. The molecule has 0 aliphatic heterocycles. The topological polar surface area (TPSA) is 20.2 Å². The number of aliphatic hydroxyl groups is 1. The first-order valence-corrected chi connectivity index (χ1v) is 2.39. The molecule has 1 nitrogen and oxygen atoms in total. The Morgan fingerprint density at radius 1 is 1.27 bits per heavy atom. The molecular weight excluding hydrogens is 242 g/mol. The van der Waals surface area contributed by atoms with Gasteiger partial charge in [-0.3, -0.25) is 0 Å². The molecule has 0 unspecified atom stereocenters. The van der Waals surface area contributed by atoms with Gasteiger partial charge in [-0.05, 0) is 12.0 Å². The van der Waals surface area contributed by atoms with Crippen molar-refractivity contribution in [2.45, 2.75) is 6.42 Å². The van der Waals surface area contributed by atoms with Crippen LogP contribution in [0.4, 0.5) is 0 Å². The number of hydrogen-bond donors (Lipinski definition) is 1. The van der Waals surface area contributed by atoms with Gasteiger partial charge in [0.15, 0.2) is 0 Å². The van der Waals surface area contributed by atoms with E-state index in [0.717, 1.165) is 12.0 Å². The summed E-state index contributed by atoms with van der Waals surface area (Å²) in [5.41, 5.74) is 1.11. The molecule has 0 bridgehead atoms. The van der Waals surface area contributed by atoms with Crippen LogP contribution in [0.5, 0.6) is 0 Å². The van der Waals surface area contributed by atoms with E-state index in [9.17, 15) is 0 Å². The van der Waals surface area contributed by atoms with Crippen LogP contribution in [-0.4, -0.2) is 11.7 Å². The molecule has 0 aromatic rings. The molecule has 0 aromatic carbocycles. The van der Waals surface area contributed by atoms with E-state index < -0.39 is 0 Å². The molecule has 0 amide bonds. The first-order valence-electron chi connectivity index (χ1n) is 2.39. The third-order valence-electron chi connectivity index (χ3n) is 1.05. The second-order valence-electron chi connectivity index (χ2n) is 1.62. The fourth-order valence-corrected chi connectivity index (χ4v) is 0.609. The minimum atomic E-state index is 0. The molecule has 0 aromatic heterocycles. The van der Waals surface area contributed by atoms with Gasteiger partial charge >= 0.3 is 21.7 Å². The number of rotatable bonds is 1. The predicted octanol–water partition coefficient (Wildman–Crippen LogP) is -8.13. The monoisotopic (exact) mass is 249 g/mol. The Labute approximate surface area is 100 Å². The van der Waals surface area contributed by atoms with E-state index in [0.29, 0.717) is 0 Å². The average Bonchev–Trinajstić information content (AvgIpc) is 2.14. The van der Waals surface area contributed by atoms with E-state index in [1.54, 1.807) is 0 Å². The van der Waals surface area contributed by atoms with Crippen LogP contribution < -0.4 is 37.2 Å². The molecule has 0 atom stereocenters. The summed E-state index contributed by atoms with van der Waals surface area (Å²) in [6, 6.07) is 0. The molecule has 5 heteroatoms. The van der Waals surface area contributed by atoms with Crippen LogP contribution in [0.2, 0.25) is 0 Å². The summed E-state index contributed by atoms with van der Waals surface area (Å²) in [5, 5.41) is 8.46. The van der Waals surface area contributed by atoms with E-state index in [1.807, 2.05) is 18.2 Å². The third-order valence-corrected chi connectivity index (χ3v) is 1.05. The second-order valence-corrected chi connectivity index (χ2v) is 1.62. The molecule has 1 aliphatic rings. The molecule has 1 rings (SSSR count). The Bertz CT molecular complexity index is 125. The molecule has 0 saturated heterocycles. The molecule has 1 aliphatic carbocycles. The van der Waals surface area contributed by atoms with Crippen LogP contribution in [0.15, 0.2) is 23.8 Å².